The first kappa shape index (κ1) is 17.2. The maximum Gasteiger partial charge on any atom is 0.124 e. The normalized spacial score (nSPS) is 11.8. The first-order chi connectivity index (χ1) is 8.17. The molecule has 0 fully saturated rings. The molecular weight excluding hydrogens is 250 g/mol. The number of methoxy groups -OCH3 is 1. The van der Waals surface area contributed by atoms with Crippen molar-refractivity contribution in [2.24, 2.45) is 5.73 Å². The van der Waals surface area contributed by atoms with E-state index in [1.165, 1.54) is 5.56 Å². The van der Waals surface area contributed by atoms with Gasteiger partial charge in [-0.25, -0.2) is 0 Å². The van der Waals surface area contributed by atoms with Gasteiger partial charge in [-0.05, 0) is 37.5 Å². The van der Waals surface area contributed by atoms with Crippen molar-refractivity contribution in [1.29, 1.82) is 0 Å². The van der Waals surface area contributed by atoms with E-state index in [1.54, 1.807) is 7.11 Å². The van der Waals surface area contributed by atoms with Crippen molar-refractivity contribution in [1.82, 2.24) is 0 Å². The molecule has 0 aliphatic rings. The molecule has 0 aliphatic heterocycles. The van der Waals surface area contributed by atoms with E-state index < -0.39 is 0 Å². The van der Waals surface area contributed by atoms with Crippen molar-refractivity contribution >= 4 is 12.4 Å². The van der Waals surface area contributed by atoms with Crippen LogP contribution in [0.25, 0.3) is 0 Å². The van der Waals surface area contributed by atoms with E-state index in [4.69, 9.17) is 15.2 Å². The monoisotopic (exact) mass is 273 g/mol. The predicted molar refractivity (Wildman–Crippen MR) is 77.5 cm³/mol. The zero-order valence-electron chi connectivity index (χ0n) is 11.4. The van der Waals surface area contributed by atoms with Gasteiger partial charge < -0.3 is 15.2 Å². The number of nitrogens with two attached hydrogens (primary N) is 1. The van der Waals surface area contributed by atoms with Crippen LogP contribution in [0.1, 0.15) is 31.4 Å². The molecule has 2 N–H and O–H groups in total. The first-order valence-corrected chi connectivity index (χ1v) is 6.16. The van der Waals surface area contributed by atoms with E-state index >= 15 is 0 Å². The lowest BCUT2D eigenvalue weighted by Gasteiger charge is -2.13. The van der Waals surface area contributed by atoms with Gasteiger partial charge >= 0.3 is 0 Å². The predicted octanol–water partition coefficient (Wildman–Crippen LogP) is 2.93. The van der Waals surface area contributed by atoms with Crippen LogP contribution >= 0.6 is 12.4 Å². The summed E-state index contributed by atoms with van der Waals surface area (Å²) in [5.74, 6) is 0.919. The second kappa shape index (κ2) is 9.20. The van der Waals surface area contributed by atoms with Crippen molar-refractivity contribution in [2.45, 2.75) is 39.3 Å². The van der Waals surface area contributed by atoms with Gasteiger partial charge in [-0.3, -0.25) is 0 Å². The van der Waals surface area contributed by atoms with Crippen molar-refractivity contribution in [3.8, 4) is 5.75 Å². The number of benzene rings is 1. The second-order valence-corrected chi connectivity index (χ2v) is 4.40. The molecular formula is C14H24ClNO2. The topological polar surface area (TPSA) is 44.5 Å². The van der Waals surface area contributed by atoms with Gasteiger partial charge in [-0.2, -0.15) is 0 Å². The van der Waals surface area contributed by atoms with Crippen LogP contribution in [0.2, 0.25) is 0 Å². The molecule has 0 bridgehead atoms. The average molecular weight is 274 g/mol. The first-order valence-electron chi connectivity index (χ1n) is 6.16. The molecule has 4 heteroatoms. The molecule has 0 heterocycles. The van der Waals surface area contributed by atoms with Gasteiger partial charge in [0.1, 0.15) is 5.75 Å². The summed E-state index contributed by atoms with van der Waals surface area (Å²) < 4.78 is 10.9. The molecule has 0 saturated heterocycles. The summed E-state index contributed by atoms with van der Waals surface area (Å²) in [6, 6.07) is 6.39. The lowest BCUT2D eigenvalue weighted by molar-refractivity contribution is 0.179. The van der Waals surface area contributed by atoms with E-state index in [2.05, 4.69) is 19.1 Å². The smallest absolute Gasteiger partial charge is 0.124 e. The lowest BCUT2D eigenvalue weighted by atomic mass is 10.0. The van der Waals surface area contributed by atoms with Crippen LogP contribution in [0.3, 0.4) is 0 Å². The highest BCUT2D eigenvalue weighted by Crippen LogP contribution is 2.22. The van der Waals surface area contributed by atoms with Crippen LogP contribution in [0.4, 0.5) is 0 Å². The van der Waals surface area contributed by atoms with E-state index in [0.29, 0.717) is 6.61 Å². The summed E-state index contributed by atoms with van der Waals surface area (Å²) in [6.07, 6.45) is 1.89. The molecule has 104 valence electrons. The van der Waals surface area contributed by atoms with Crippen LogP contribution < -0.4 is 10.5 Å². The molecule has 0 saturated carbocycles. The maximum absolute atomic E-state index is 5.80. The SMILES string of the molecule is CCCOc1ccc(CC(C)N)cc1COC.Cl. The van der Waals surface area contributed by atoms with Crippen molar-refractivity contribution < 1.29 is 9.47 Å². The zero-order chi connectivity index (χ0) is 12.7. The van der Waals surface area contributed by atoms with E-state index in [-0.39, 0.29) is 18.4 Å². The third kappa shape index (κ3) is 5.71. The van der Waals surface area contributed by atoms with Crippen LogP contribution in [0.5, 0.6) is 5.75 Å². The zero-order valence-corrected chi connectivity index (χ0v) is 12.3. The van der Waals surface area contributed by atoms with Crippen LogP contribution in [-0.4, -0.2) is 19.8 Å². The molecule has 0 spiro atoms. The van der Waals surface area contributed by atoms with Crippen molar-refractivity contribution in [3.63, 3.8) is 0 Å². The number of halogens is 1. The molecule has 1 aromatic rings. The highest BCUT2D eigenvalue weighted by atomic mass is 35.5. The quantitative estimate of drug-likeness (QED) is 0.831. The maximum atomic E-state index is 5.80. The van der Waals surface area contributed by atoms with Gasteiger partial charge in [0.25, 0.3) is 0 Å². The fourth-order valence-corrected chi connectivity index (χ4v) is 1.75. The minimum atomic E-state index is 0. The summed E-state index contributed by atoms with van der Waals surface area (Å²) in [4.78, 5) is 0. The van der Waals surface area contributed by atoms with Gasteiger partial charge in [0.05, 0.1) is 13.2 Å². The number of rotatable bonds is 7. The van der Waals surface area contributed by atoms with Crippen LogP contribution in [0, 0.1) is 0 Å². The summed E-state index contributed by atoms with van der Waals surface area (Å²) in [5.41, 5.74) is 8.13. The lowest BCUT2D eigenvalue weighted by Crippen LogP contribution is -2.17. The molecule has 3 nitrogen and oxygen atoms in total. The Morgan fingerprint density at radius 2 is 2.06 bits per heavy atom. The van der Waals surface area contributed by atoms with Crippen LogP contribution in [0.15, 0.2) is 18.2 Å². The number of ether oxygens (including phenoxy) is 2. The van der Waals surface area contributed by atoms with Gasteiger partial charge in [-0.15, -0.1) is 12.4 Å². The highest BCUT2D eigenvalue weighted by molar-refractivity contribution is 5.85. The highest BCUT2D eigenvalue weighted by Gasteiger charge is 2.06. The molecule has 1 rings (SSSR count). The Morgan fingerprint density at radius 3 is 2.61 bits per heavy atom. The molecule has 1 aromatic carbocycles. The van der Waals surface area contributed by atoms with Gasteiger partial charge in [0.15, 0.2) is 0 Å². The Bertz CT molecular complexity index is 343. The fourth-order valence-electron chi connectivity index (χ4n) is 1.75. The third-order valence-corrected chi connectivity index (χ3v) is 2.44. The summed E-state index contributed by atoms with van der Waals surface area (Å²) in [5, 5.41) is 0. The Hall–Kier alpha value is -0.770. The third-order valence-electron chi connectivity index (χ3n) is 2.44. The Kier molecular flexibility index (Phi) is 8.81. The van der Waals surface area contributed by atoms with Crippen molar-refractivity contribution in [3.05, 3.63) is 29.3 Å². The summed E-state index contributed by atoms with van der Waals surface area (Å²) >= 11 is 0. The minimum absolute atomic E-state index is 0. The Labute approximate surface area is 116 Å². The Balaban J connectivity index is 0.00000289. The summed E-state index contributed by atoms with van der Waals surface area (Å²) in [6.45, 7) is 5.42. The number of hydrogen-bond acceptors (Lipinski definition) is 3. The minimum Gasteiger partial charge on any atom is -0.493 e. The second-order valence-electron chi connectivity index (χ2n) is 4.40. The molecule has 0 radical (unpaired) electrons. The van der Waals surface area contributed by atoms with Gasteiger partial charge in [0.2, 0.25) is 0 Å². The standard InChI is InChI=1S/C14H23NO2.ClH/c1-4-7-17-14-6-5-12(8-11(2)15)9-13(14)10-16-3;/h5-6,9,11H,4,7-8,10,15H2,1-3H3;1H. The molecule has 0 aromatic heterocycles. The van der Waals surface area contributed by atoms with Crippen LogP contribution in [-0.2, 0) is 17.8 Å². The molecule has 1 unspecified atom stereocenters. The molecule has 0 amide bonds. The largest absolute Gasteiger partial charge is 0.493 e. The van der Waals surface area contributed by atoms with E-state index in [0.717, 1.165) is 30.8 Å². The van der Waals surface area contributed by atoms with E-state index in [1.807, 2.05) is 13.0 Å². The van der Waals surface area contributed by atoms with Gasteiger partial charge in [-0.1, -0.05) is 13.0 Å². The van der Waals surface area contributed by atoms with Gasteiger partial charge in [0, 0.05) is 18.7 Å². The molecule has 0 aliphatic carbocycles. The van der Waals surface area contributed by atoms with Crippen molar-refractivity contribution in [2.75, 3.05) is 13.7 Å². The molecule has 1 atom stereocenters. The average Bonchev–Trinajstić information content (AvgIpc) is 2.28. The van der Waals surface area contributed by atoms with E-state index in [9.17, 15) is 0 Å². The molecule has 18 heavy (non-hydrogen) atoms. The summed E-state index contributed by atoms with van der Waals surface area (Å²) in [7, 11) is 1.70. The fraction of sp³-hybridized carbons (Fsp3) is 0.571. The Morgan fingerprint density at radius 1 is 1.33 bits per heavy atom. The number of hydrogen-bond donors (Lipinski definition) is 1.